The Bertz CT molecular complexity index is 477. The van der Waals surface area contributed by atoms with Gasteiger partial charge in [-0.15, -0.1) is 6.58 Å². The van der Waals surface area contributed by atoms with Gasteiger partial charge in [-0.25, -0.2) is 0 Å². The first-order valence-electron chi connectivity index (χ1n) is 8.26. The number of allylic oxidation sites excluding steroid dienone is 1. The topological polar surface area (TPSA) is 3.24 Å². The first-order chi connectivity index (χ1) is 9.81. The lowest BCUT2D eigenvalue weighted by Gasteiger charge is -2.33. The maximum Gasteiger partial charge on any atom is 0.0236 e. The van der Waals surface area contributed by atoms with Crippen molar-refractivity contribution in [1.29, 1.82) is 0 Å². The molecule has 108 valence electrons. The third-order valence-corrected chi connectivity index (χ3v) is 5.34. The smallest absolute Gasteiger partial charge is 0.0236 e. The Hall–Kier alpha value is -1.08. The quantitative estimate of drug-likeness (QED) is 0.740. The van der Waals surface area contributed by atoms with Gasteiger partial charge >= 0.3 is 0 Å². The predicted octanol–water partition coefficient (Wildman–Crippen LogP) is 4.21. The van der Waals surface area contributed by atoms with Crippen molar-refractivity contribution in [1.82, 2.24) is 4.90 Å². The normalized spacial score (nSPS) is 26.4. The van der Waals surface area contributed by atoms with Crippen LogP contribution in [0.25, 0.3) is 0 Å². The number of hydrogen-bond acceptors (Lipinski definition) is 1. The lowest BCUT2D eigenvalue weighted by Crippen LogP contribution is -2.35. The second-order valence-corrected chi connectivity index (χ2v) is 6.48. The summed E-state index contributed by atoms with van der Waals surface area (Å²) in [4.78, 5) is 2.67. The van der Waals surface area contributed by atoms with Gasteiger partial charge in [-0.1, -0.05) is 37.6 Å². The highest BCUT2D eigenvalue weighted by atomic mass is 15.1. The summed E-state index contributed by atoms with van der Waals surface area (Å²) >= 11 is 0. The zero-order chi connectivity index (χ0) is 13.9. The van der Waals surface area contributed by atoms with Crippen LogP contribution in [0, 0.1) is 11.8 Å². The Labute approximate surface area is 123 Å². The zero-order valence-corrected chi connectivity index (χ0v) is 12.8. The average molecular weight is 269 g/mol. The molecule has 0 N–H and O–H groups in total. The van der Waals surface area contributed by atoms with E-state index in [0.717, 1.165) is 18.4 Å². The third-order valence-electron chi connectivity index (χ3n) is 5.34. The minimum atomic E-state index is 0.762. The fourth-order valence-corrected chi connectivity index (χ4v) is 4.17. The molecule has 0 aromatic heterocycles. The van der Waals surface area contributed by atoms with Gasteiger partial charge < -0.3 is 0 Å². The van der Waals surface area contributed by atoms with Gasteiger partial charge in [-0.2, -0.15) is 0 Å². The molecule has 0 saturated heterocycles. The molecule has 1 aromatic rings. The molecule has 2 atom stereocenters. The van der Waals surface area contributed by atoms with Gasteiger partial charge in [0.1, 0.15) is 0 Å². The minimum Gasteiger partial charge on any atom is -0.298 e. The van der Waals surface area contributed by atoms with Crippen molar-refractivity contribution in [2.75, 3.05) is 13.1 Å². The molecule has 1 aromatic carbocycles. The van der Waals surface area contributed by atoms with E-state index in [1.165, 1.54) is 45.2 Å². The summed E-state index contributed by atoms with van der Waals surface area (Å²) in [5.74, 6) is 1.61. The van der Waals surface area contributed by atoms with Crippen LogP contribution in [0.5, 0.6) is 0 Å². The van der Waals surface area contributed by atoms with E-state index in [1.54, 1.807) is 16.7 Å². The maximum atomic E-state index is 4.03. The van der Waals surface area contributed by atoms with Crippen molar-refractivity contribution in [2.24, 2.45) is 11.8 Å². The van der Waals surface area contributed by atoms with Crippen LogP contribution in [0.4, 0.5) is 0 Å². The van der Waals surface area contributed by atoms with Crippen LogP contribution in [0.1, 0.15) is 42.9 Å². The highest BCUT2D eigenvalue weighted by Crippen LogP contribution is 2.34. The molecule has 1 nitrogen and oxygen atoms in total. The van der Waals surface area contributed by atoms with Crippen LogP contribution < -0.4 is 0 Å². The van der Waals surface area contributed by atoms with E-state index in [9.17, 15) is 0 Å². The van der Waals surface area contributed by atoms with Gasteiger partial charge in [-0.3, -0.25) is 4.90 Å². The molecule has 20 heavy (non-hydrogen) atoms. The second kappa shape index (κ2) is 6.13. The van der Waals surface area contributed by atoms with Gasteiger partial charge in [0.2, 0.25) is 0 Å². The Morgan fingerprint density at radius 2 is 2.25 bits per heavy atom. The van der Waals surface area contributed by atoms with E-state index in [2.05, 4.69) is 42.7 Å². The van der Waals surface area contributed by atoms with E-state index in [-0.39, 0.29) is 0 Å². The van der Waals surface area contributed by atoms with Crippen LogP contribution >= 0.6 is 0 Å². The summed E-state index contributed by atoms with van der Waals surface area (Å²) in [7, 11) is 0. The van der Waals surface area contributed by atoms with Gasteiger partial charge in [0, 0.05) is 19.6 Å². The molecule has 0 radical (unpaired) electrons. The lowest BCUT2D eigenvalue weighted by atomic mass is 9.91. The number of benzene rings is 1. The molecule has 1 aliphatic carbocycles. The van der Waals surface area contributed by atoms with E-state index in [1.807, 2.05) is 0 Å². The van der Waals surface area contributed by atoms with Crippen LogP contribution in [-0.4, -0.2) is 18.0 Å². The van der Waals surface area contributed by atoms with E-state index >= 15 is 0 Å². The summed E-state index contributed by atoms with van der Waals surface area (Å²) in [5.41, 5.74) is 4.77. The number of hydrogen-bond donors (Lipinski definition) is 0. The largest absolute Gasteiger partial charge is 0.298 e. The molecular weight excluding hydrogens is 242 g/mol. The summed E-state index contributed by atoms with van der Waals surface area (Å²) in [5, 5.41) is 0. The van der Waals surface area contributed by atoms with Crippen molar-refractivity contribution >= 4 is 0 Å². The molecule has 2 unspecified atom stereocenters. The first-order valence-corrected chi connectivity index (χ1v) is 8.26. The Morgan fingerprint density at radius 1 is 1.35 bits per heavy atom. The summed E-state index contributed by atoms with van der Waals surface area (Å²) in [6, 6.07) is 6.88. The van der Waals surface area contributed by atoms with Gasteiger partial charge in [0.05, 0.1) is 0 Å². The van der Waals surface area contributed by atoms with Gasteiger partial charge in [0.15, 0.2) is 0 Å². The standard InChI is InChI=1S/C19H27N/c1-3-15-7-5-9-17(15)13-20-12-11-19-16(4-2)8-6-10-18(19)14-20/h3,6,8,10,15,17H,1,4-5,7,9,11-14H2,2H3. The molecule has 3 rings (SSSR count). The number of nitrogens with zero attached hydrogens (tertiary/aromatic N) is 1. The summed E-state index contributed by atoms with van der Waals surface area (Å²) in [6.45, 7) is 9.97. The van der Waals surface area contributed by atoms with Crippen molar-refractivity contribution in [3.8, 4) is 0 Å². The van der Waals surface area contributed by atoms with Gasteiger partial charge in [0.25, 0.3) is 0 Å². The van der Waals surface area contributed by atoms with Crippen molar-refractivity contribution < 1.29 is 0 Å². The van der Waals surface area contributed by atoms with Crippen LogP contribution in [0.2, 0.25) is 0 Å². The summed E-state index contributed by atoms with van der Waals surface area (Å²) < 4.78 is 0. The second-order valence-electron chi connectivity index (χ2n) is 6.48. The number of rotatable bonds is 4. The Balaban J connectivity index is 1.68. The Morgan fingerprint density at radius 3 is 3.05 bits per heavy atom. The predicted molar refractivity (Wildman–Crippen MR) is 85.8 cm³/mol. The molecule has 1 heterocycles. The SMILES string of the molecule is C=CC1CCCC1CN1CCc2c(CC)cccc2C1. The molecule has 1 fully saturated rings. The lowest BCUT2D eigenvalue weighted by molar-refractivity contribution is 0.201. The van der Waals surface area contributed by atoms with Gasteiger partial charge in [-0.05, 0) is 54.2 Å². The molecule has 0 amide bonds. The zero-order valence-electron chi connectivity index (χ0n) is 12.8. The highest BCUT2D eigenvalue weighted by molar-refractivity contribution is 5.37. The molecule has 1 aliphatic heterocycles. The van der Waals surface area contributed by atoms with E-state index < -0.39 is 0 Å². The average Bonchev–Trinajstić information content (AvgIpc) is 2.93. The van der Waals surface area contributed by atoms with Crippen LogP contribution in [-0.2, 0) is 19.4 Å². The molecule has 2 aliphatic rings. The number of aryl methyl sites for hydroxylation is 1. The van der Waals surface area contributed by atoms with Crippen LogP contribution in [0.3, 0.4) is 0 Å². The first kappa shape index (κ1) is 13.9. The van der Waals surface area contributed by atoms with Crippen molar-refractivity contribution in [3.05, 3.63) is 47.5 Å². The highest BCUT2D eigenvalue weighted by Gasteiger charge is 2.28. The molecule has 1 saturated carbocycles. The molecule has 0 spiro atoms. The van der Waals surface area contributed by atoms with Crippen LogP contribution in [0.15, 0.2) is 30.9 Å². The maximum absolute atomic E-state index is 4.03. The minimum absolute atomic E-state index is 0.762. The third kappa shape index (κ3) is 2.69. The number of fused-ring (bicyclic) bond motifs is 1. The Kier molecular flexibility index (Phi) is 4.26. The molecule has 1 heteroatoms. The van der Waals surface area contributed by atoms with E-state index in [4.69, 9.17) is 0 Å². The fourth-order valence-electron chi connectivity index (χ4n) is 4.17. The van der Waals surface area contributed by atoms with E-state index in [0.29, 0.717) is 0 Å². The summed E-state index contributed by atoms with van der Waals surface area (Å²) in [6.07, 6.45) is 8.76. The fraction of sp³-hybridized carbons (Fsp3) is 0.579. The monoisotopic (exact) mass is 269 g/mol. The molecule has 0 bridgehead atoms. The van der Waals surface area contributed by atoms with Crippen molar-refractivity contribution in [2.45, 2.75) is 45.6 Å². The molecular formula is C19H27N. The van der Waals surface area contributed by atoms with Crippen molar-refractivity contribution in [3.63, 3.8) is 0 Å².